The van der Waals surface area contributed by atoms with E-state index >= 15 is 0 Å². The summed E-state index contributed by atoms with van der Waals surface area (Å²) in [7, 11) is 0. The van der Waals surface area contributed by atoms with E-state index in [1.165, 1.54) is 6.07 Å². The Balaban J connectivity index is 1.68. The van der Waals surface area contributed by atoms with Crippen LogP contribution in [0.1, 0.15) is 23.6 Å². The maximum atomic E-state index is 14.8. The second-order valence-electron chi connectivity index (χ2n) is 7.64. The molecule has 0 aliphatic carbocycles. The number of benzene rings is 3. The zero-order chi connectivity index (χ0) is 21.4. The predicted molar refractivity (Wildman–Crippen MR) is 122 cm³/mol. The van der Waals surface area contributed by atoms with Crippen LogP contribution in [0.2, 0.25) is 0 Å². The molecule has 0 saturated carbocycles. The van der Waals surface area contributed by atoms with Gasteiger partial charge in [0.25, 0.3) is 5.91 Å². The molecule has 4 nitrogen and oxygen atoms in total. The average molecular weight is 411 g/mol. The van der Waals surface area contributed by atoms with Gasteiger partial charge in [0, 0.05) is 41.2 Å². The number of likely N-dealkylation sites (N-methyl/N-ethyl adjacent to an activating group) is 1. The highest BCUT2D eigenvalue weighted by atomic mass is 19.1. The second kappa shape index (κ2) is 7.84. The van der Waals surface area contributed by atoms with Crippen molar-refractivity contribution in [1.29, 1.82) is 0 Å². The zero-order valence-corrected chi connectivity index (χ0v) is 17.2. The van der Waals surface area contributed by atoms with Gasteiger partial charge in [0.2, 0.25) is 0 Å². The topological polar surface area (TPSA) is 48.5 Å². The van der Waals surface area contributed by atoms with Crippen LogP contribution in [0.25, 0.3) is 10.9 Å². The number of aromatic nitrogens is 1. The number of carbonyl (C=O) groups excluding carboxylic acids is 1. The number of H-pyrrole nitrogens is 1. The minimum atomic E-state index is -0.652. The van der Waals surface area contributed by atoms with Crippen LogP contribution in [0, 0.1) is 5.82 Å². The number of halogens is 1. The first-order valence-electron chi connectivity index (χ1n) is 10.5. The van der Waals surface area contributed by atoms with E-state index in [-0.39, 0.29) is 11.7 Å². The fraction of sp³-hybridized carbons (Fsp3) is 0.154. The third kappa shape index (κ3) is 3.32. The second-order valence-corrected chi connectivity index (χ2v) is 7.64. The molecule has 1 atom stereocenters. The Labute approximate surface area is 180 Å². The number of benzodiazepines with no additional fused rings is 1. The van der Waals surface area contributed by atoms with Crippen molar-refractivity contribution in [3.63, 3.8) is 0 Å². The molecule has 0 radical (unpaired) electrons. The summed E-state index contributed by atoms with van der Waals surface area (Å²) in [4.78, 5) is 23.5. The van der Waals surface area contributed by atoms with Gasteiger partial charge in [0.1, 0.15) is 11.9 Å². The van der Waals surface area contributed by atoms with Gasteiger partial charge < -0.3 is 9.88 Å². The molecular weight excluding hydrogens is 389 g/mol. The summed E-state index contributed by atoms with van der Waals surface area (Å²) in [5.74, 6) is -0.425. The molecule has 1 aromatic heterocycles. The minimum Gasteiger partial charge on any atom is -0.361 e. The van der Waals surface area contributed by atoms with Gasteiger partial charge in [-0.1, -0.05) is 48.5 Å². The number of anilines is 1. The quantitative estimate of drug-likeness (QED) is 0.498. The summed E-state index contributed by atoms with van der Waals surface area (Å²) in [6, 6.07) is 21.6. The molecule has 3 aromatic carbocycles. The van der Waals surface area contributed by atoms with Gasteiger partial charge in [0.15, 0.2) is 0 Å². The third-order valence-electron chi connectivity index (χ3n) is 5.82. The maximum absolute atomic E-state index is 14.8. The highest BCUT2D eigenvalue weighted by Gasteiger charge is 2.32. The summed E-state index contributed by atoms with van der Waals surface area (Å²) in [5.41, 5.74) is 4.50. The van der Waals surface area contributed by atoms with Crippen LogP contribution in [-0.2, 0) is 11.2 Å². The van der Waals surface area contributed by atoms with E-state index in [1.807, 2.05) is 61.7 Å². The summed E-state index contributed by atoms with van der Waals surface area (Å²) in [6.07, 6.45) is 2.37. The first-order chi connectivity index (χ1) is 15.2. The van der Waals surface area contributed by atoms with Gasteiger partial charge in [-0.15, -0.1) is 0 Å². The molecule has 2 heterocycles. The Morgan fingerprint density at radius 3 is 2.48 bits per heavy atom. The minimum absolute atomic E-state index is 0.0772. The molecule has 0 spiro atoms. The van der Waals surface area contributed by atoms with Crippen LogP contribution < -0.4 is 4.90 Å². The molecule has 1 N–H and O–H groups in total. The van der Waals surface area contributed by atoms with Crippen molar-refractivity contribution in [2.45, 2.75) is 19.4 Å². The van der Waals surface area contributed by atoms with Gasteiger partial charge >= 0.3 is 0 Å². The summed E-state index contributed by atoms with van der Waals surface area (Å²) < 4.78 is 14.8. The van der Waals surface area contributed by atoms with Crippen LogP contribution in [0.4, 0.5) is 10.1 Å². The number of hydrogen-bond donors (Lipinski definition) is 1. The third-order valence-corrected chi connectivity index (χ3v) is 5.82. The molecule has 0 fully saturated rings. The smallest absolute Gasteiger partial charge is 0.252 e. The van der Waals surface area contributed by atoms with E-state index in [0.29, 0.717) is 24.2 Å². The molecule has 154 valence electrons. The summed E-state index contributed by atoms with van der Waals surface area (Å²) in [5, 5.41) is 1.07. The Kier molecular flexibility index (Phi) is 4.86. The highest BCUT2D eigenvalue weighted by Crippen LogP contribution is 2.31. The van der Waals surface area contributed by atoms with Crippen molar-refractivity contribution >= 4 is 28.2 Å². The van der Waals surface area contributed by atoms with Crippen LogP contribution >= 0.6 is 0 Å². The Morgan fingerprint density at radius 1 is 0.968 bits per heavy atom. The molecule has 0 unspecified atom stereocenters. The van der Waals surface area contributed by atoms with Crippen LogP contribution in [0.3, 0.4) is 0 Å². The van der Waals surface area contributed by atoms with Crippen LogP contribution in [0.15, 0.2) is 84.0 Å². The number of nitrogens with one attached hydrogen (secondary N) is 1. The molecule has 1 aliphatic heterocycles. The van der Waals surface area contributed by atoms with Crippen molar-refractivity contribution in [2.24, 2.45) is 4.99 Å². The van der Waals surface area contributed by atoms with Gasteiger partial charge in [0.05, 0.1) is 11.4 Å². The predicted octanol–water partition coefficient (Wildman–Crippen LogP) is 5.12. The lowest BCUT2D eigenvalue weighted by molar-refractivity contribution is -0.119. The molecule has 4 aromatic rings. The van der Waals surface area contributed by atoms with Crippen molar-refractivity contribution in [3.8, 4) is 0 Å². The lowest BCUT2D eigenvalue weighted by Crippen LogP contribution is -2.38. The summed E-state index contributed by atoms with van der Waals surface area (Å²) in [6.45, 7) is 2.46. The molecule has 5 heteroatoms. The van der Waals surface area contributed by atoms with E-state index in [9.17, 15) is 9.18 Å². The zero-order valence-electron chi connectivity index (χ0n) is 17.2. The Hall–Kier alpha value is -3.73. The number of fused-ring (bicyclic) bond motifs is 2. The molecule has 0 saturated heterocycles. The normalized spacial score (nSPS) is 16.2. The molecular formula is C26H22FN3O. The SMILES string of the molecule is CCN1C(=O)[C@@H](Cc2c[nH]c3ccccc23)N=C(c2ccccc2F)c2ccccc21. The Bertz CT molecular complexity index is 1310. The number of amides is 1. The molecule has 1 amide bonds. The van der Waals surface area contributed by atoms with Crippen molar-refractivity contribution < 1.29 is 9.18 Å². The number of hydrogen-bond acceptors (Lipinski definition) is 2. The number of para-hydroxylation sites is 2. The van der Waals surface area contributed by atoms with E-state index in [0.717, 1.165) is 27.7 Å². The maximum Gasteiger partial charge on any atom is 0.252 e. The number of nitrogens with zero attached hydrogens (tertiary/aromatic N) is 2. The number of carbonyl (C=O) groups is 1. The van der Waals surface area contributed by atoms with Gasteiger partial charge in [-0.25, -0.2) is 4.39 Å². The summed E-state index contributed by atoms with van der Waals surface area (Å²) >= 11 is 0. The lowest BCUT2D eigenvalue weighted by Gasteiger charge is -2.23. The molecule has 1 aliphatic rings. The van der Waals surface area contributed by atoms with Crippen molar-refractivity contribution in [3.05, 3.63) is 102 Å². The fourth-order valence-electron chi connectivity index (χ4n) is 4.32. The number of rotatable bonds is 4. The highest BCUT2D eigenvalue weighted by molar-refractivity contribution is 6.20. The van der Waals surface area contributed by atoms with E-state index in [4.69, 9.17) is 4.99 Å². The average Bonchev–Trinajstić information content (AvgIpc) is 3.16. The first kappa shape index (κ1) is 19.2. The van der Waals surface area contributed by atoms with E-state index in [2.05, 4.69) is 4.98 Å². The van der Waals surface area contributed by atoms with Crippen LogP contribution in [-0.4, -0.2) is 29.2 Å². The lowest BCUT2D eigenvalue weighted by atomic mass is 9.99. The van der Waals surface area contributed by atoms with Crippen LogP contribution in [0.5, 0.6) is 0 Å². The molecule has 0 bridgehead atoms. The molecule has 5 rings (SSSR count). The number of aliphatic imine (C=N–C) groups is 1. The van der Waals surface area contributed by atoms with Gasteiger partial charge in [-0.05, 0) is 36.8 Å². The Morgan fingerprint density at radius 2 is 1.68 bits per heavy atom. The monoisotopic (exact) mass is 411 g/mol. The first-order valence-corrected chi connectivity index (χ1v) is 10.5. The van der Waals surface area contributed by atoms with Gasteiger partial charge in [-0.3, -0.25) is 9.79 Å². The van der Waals surface area contributed by atoms with Gasteiger partial charge in [-0.2, -0.15) is 0 Å². The van der Waals surface area contributed by atoms with Crippen molar-refractivity contribution in [1.82, 2.24) is 4.98 Å². The van der Waals surface area contributed by atoms with E-state index in [1.54, 1.807) is 23.1 Å². The fourth-order valence-corrected chi connectivity index (χ4v) is 4.32. The molecule has 31 heavy (non-hydrogen) atoms. The standard InChI is InChI=1S/C26H22FN3O/c1-2-30-24-14-8-5-11-20(24)25(19-10-3-6-12-21(19)27)29-23(26(30)31)15-17-16-28-22-13-7-4-9-18(17)22/h3-14,16,23,28H,2,15H2,1H3/t23-/m1/s1. The van der Waals surface area contributed by atoms with Crippen molar-refractivity contribution in [2.75, 3.05) is 11.4 Å². The largest absolute Gasteiger partial charge is 0.361 e. The number of aromatic amines is 1. The van der Waals surface area contributed by atoms with E-state index < -0.39 is 6.04 Å².